The molecule has 20 heavy (non-hydrogen) atoms. The molecular weight excluding hydrogens is 319 g/mol. The fraction of sp³-hybridized carbons (Fsp3) is 0.500. The predicted octanol–water partition coefficient (Wildman–Crippen LogP) is 3.81. The van der Waals surface area contributed by atoms with Crippen molar-refractivity contribution in [1.82, 2.24) is 10.6 Å². The SMILES string of the molecule is CCCCN[C@H](NC(=O)c1cccc(C)c1)C(Cl)(Cl)Cl. The van der Waals surface area contributed by atoms with Crippen molar-refractivity contribution in [1.29, 1.82) is 0 Å². The maximum atomic E-state index is 12.2. The van der Waals surface area contributed by atoms with Crippen LogP contribution in [-0.2, 0) is 0 Å². The number of hydrogen-bond donors (Lipinski definition) is 2. The standard InChI is InChI=1S/C14H19Cl3N2O/c1-3-4-8-18-13(14(15,16)17)19-12(20)11-7-5-6-10(2)9-11/h5-7,9,13,18H,3-4,8H2,1-2H3,(H,19,20)/t13-/m1/s1. The summed E-state index contributed by atoms with van der Waals surface area (Å²) in [7, 11) is 0. The van der Waals surface area contributed by atoms with Gasteiger partial charge in [-0.3, -0.25) is 10.1 Å². The van der Waals surface area contributed by atoms with Crippen LogP contribution in [0.2, 0.25) is 0 Å². The zero-order valence-corrected chi connectivity index (χ0v) is 13.8. The Bertz CT molecular complexity index is 446. The van der Waals surface area contributed by atoms with Crippen LogP contribution in [-0.4, -0.2) is 22.4 Å². The van der Waals surface area contributed by atoms with E-state index in [9.17, 15) is 4.79 Å². The molecular formula is C14H19Cl3N2O. The van der Waals surface area contributed by atoms with E-state index >= 15 is 0 Å². The van der Waals surface area contributed by atoms with E-state index in [1.165, 1.54) is 0 Å². The van der Waals surface area contributed by atoms with Crippen LogP contribution >= 0.6 is 34.8 Å². The van der Waals surface area contributed by atoms with Crippen LogP contribution in [0, 0.1) is 6.92 Å². The molecule has 0 radical (unpaired) electrons. The molecule has 0 aliphatic heterocycles. The minimum absolute atomic E-state index is 0.269. The van der Waals surface area contributed by atoms with Gasteiger partial charge in [0.05, 0.1) is 0 Å². The van der Waals surface area contributed by atoms with E-state index in [0.29, 0.717) is 12.1 Å². The summed E-state index contributed by atoms with van der Waals surface area (Å²) in [6.07, 6.45) is 1.23. The van der Waals surface area contributed by atoms with Gasteiger partial charge in [-0.2, -0.15) is 0 Å². The van der Waals surface area contributed by atoms with Crippen molar-refractivity contribution in [3.63, 3.8) is 0 Å². The molecule has 0 saturated carbocycles. The first-order chi connectivity index (χ1) is 9.34. The highest BCUT2D eigenvalue weighted by Crippen LogP contribution is 2.29. The molecule has 112 valence electrons. The molecule has 2 N–H and O–H groups in total. The van der Waals surface area contributed by atoms with Crippen molar-refractivity contribution in [2.24, 2.45) is 0 Å². The van der Waals surface area contributed by atoms with Crippen molar-refractivity contribution < 1.29 is 4.79 Å². The average Bonchev–Trinajstić information content (AvgIpc) is 2.36. The van der Waals surface area contributed by atoms with Gasteiger partial charge >= 0.3 is 0 Å². The summed E-state index contributed by atoms with van der Waals surface area (Å²) in [5.74, 6) is -0.269. The van der Waals surface area contributed by atoms with Gasteiger partial charge in [0.25, 0.3) is 5.91 Å². The Kier molecular flexibility index (Phi) is 7.10. The molecule has 0 spiro atoms. The second-order valence-electron chi connectivity index (χ2n) is 4.63. The van der Waals surface area contributed by atoms with Crippen molar-refractivity contribution >= 4 is 40.7 Å². The maximum Gasteiger partial charge on any atom is 0.252 e. The summed E-state index contributed by atoms with van der Waals surface area (Å²) < 4.78 is -1.60. The second kappa shape index (κ2) is 8.08. The number of halogens is 3. The molecule has 0 bridgehead atoms. The van der Waals surface area contributed by atoms with Crippen LogP contribution in [0.15, 0.2) is 24.3 Å². The predicted molar refractivity (Wildman–Crippen MR) is 85.6 cm³/mol. The lowest BCUT2D eigenvalue weighted by atomic mass is 10.1. The number of aryl methyl sites for hydroxylation is 1. The summed E-state index contributed by atoms with van der Waals surface area (Å²) in [6, 6.07) is 7.25. The van der Waals surface area contributed by atoms with Crippen molar-refractivity contribution in [3.8, 4) is 0 Å². The third kappa shape index (κ3) is 5.88. The van der Waals surface area contributed by atoms with Gasteiger partial charge in [0, 0.05) is 5.56 Å². The van der Waals surface area contributed by atoms with E-state index in [1.807, 2.05) is 19.1 Å². The number of carbonyl (C=O) groups excluding carboxylic acids is 1. The Labute approximate surface area is 135 Å². The molecule has 0 aliphatic carbocycles. The number of carbonyl (C=O) groups is 1. The van der Waals surface area contributed by atoms with Crippen LogP contribution in [0.25, 0.3) is 0 Å². The number of nitrogens with one attached hydrogen (secondary N) is 2. The summed E-state index contributed by atoms with van der Waals surface area (Å²) in [5, 5.41) is 5.76. The number of alkyl halides is 3. The maximum absolute atomic E-state index is 12.2. The molecule has 1 rings (SSSR count). The highest BCUT2D eigenvalue weighted by Gasteiger charge is 2.33. The molecule has 3 nitrogen and oxygen atoms in total. The van der Waals surface area contributed by atoms with Gasteiger partial charge < -0.3 is 5.32 Å². The van der Waals surface area contributed by atoms with Crippen molar-refractivity contribution in [2.75, 3.05) is 6.54 Å². The fourth-order valence-corrected chi connectivity index (χ4v) is 2.07. The van der Waals surface area contributed by atoms with Gasteiger partial charge in [0.15, 0.2) is 0 Å². The van der Waals surface area contributed by atoms with Crippen molar-refractivity contribution in [3.05, 3.63) is 35.4 Å². The lowest BCUT2D eigenvalue weighted by Crippen LogP contribution is -2.53. The minimum Gasteiger partial charge on any atom is -0.333 e. The highest BCUT2D eigenvalue weighted by molar-refractivity contribution is 6.68. The van der Waals surface area contributed by atoms with E-state index in [0.717, 1.165) is 18.4 Å². The third-order valence-electron chi connectivity index (χ3n) is 2.76. The summed E-state index contributed by atoms with van der Waals surface area (Å²) >= 11 is 17.7. The largest absolute Gasteiger partial charge is 0.333 e. The van der Waals surface area contributed by atoms with Gasteiger partial charge in [-0.1, -0.05) is 65.8 Å². The Hall–Kier alpha value is -0.480. The molecule has 0 saturated heterocycles. The number of benzene rings is 1. The number of rotatable bonds is 6. The van der Waals surface area contributed by atoms with Crippen LogP contribution < -0.4 is 10.6 Å². The minimum atomic E-state index is -1.60. The number of amides is 1. The molecule has 0 unspecified atom stereocenters. The number of hydrogen-bond acceptors (Lipinski definition) is 2. The fourth-order valence-electron chi connectivity index (χ4n) is 1.67. The summed E-state index contributed by atoms with van der Waals surface area (Å²) in [5.41, 5.74) is 1.54. The van der Waals surface area contributed by atoms with E-state index in [4.69, 9.17) is 34.8 Å². The molecule has 0 aliphatic rings. The van der Waals surface area contributed by atoms with E-state index in [-0.39, 0.29) is 5.91 Å². The first kappa shape index (κ1) is 17.6. The molecule has 1 amide bonds. The molecule has 1 aromatic carbocycles. The van der Waals surface area contributed by atoms with Gasteiger partial charge in [0.2, 0.25) is 3.79 Å². The molecule has 0 aromatic heterocycles. The van der Waals surface area contributed by atoms with E-state index in [2.05, 4.69) is 17.6 Å². The first-order valence-electron chi connectivity index (χ1n) is 6.52. The molecule has 0 fully saturated rings. The zero-order valence-electron chi connectivity index (χ0n) is 11.6. The second-order valence-corrected chi connectivity index (χ2v) is 6.99. The Morgan fingerprint density at radius 2 is 2.05 bits per heavy atom. The van der Waals surface area contributed by atoms with Crippen LogP contribution in [0.5, 0.6) is 0 Å². The summed E-state index contributed by atoms with van der Waals surface area (Å²) in [4.78, 5) is 12.2. The van der Waals surface area contributed by atoms with Crippen LogP contribution in [0.4, 0.5) is 0 Å². The molecule has 1 aromatic rings. The van der Waals surface area contributed by atoms with Gasteiger partial charge in [-0.05, 0) is 32.0 Å². The smallest absolute Gasteiger partial charge is 0.252 e. The normalized spacial score (nSPS) is 13.1. The van der Waals surface area contributed by atoms with Crippen LogP contribution in [0.1, 0.15) is 35.7 Å². The lowest BCUT2D eigenvalue weighted by Gasteiger charge is -2.26. The van der Waals surface area contributed by atoms with Crippen LogP contribution in [0.3, 0.4) is 0 Å². The van der Waals surface area contributed by atoms with Gasteiger partial charge in [-0.25, -0.2) is 0 Å². The zero-order chi connectivity index (χ0) is 15.2. The Morgan fingerprint density at radius 3 is 2.60 bits per heavy atom. The number of unbranched alkanes of at least 4 members (excludes halogenated alkanes) is 1. The molecule has 6 heteroatoms. The van der Waals surface area contributed by atoms with Crippen molar-refractivity contribution in [2.45, 2.75) is 36.6 Å². The van der Waals surface area contributed by atoms with E-state index in [1.54, 1.807) is 12.1 Å². The highest BCUT2D eigenvalue weighted by atomic mass is 35.6. The average molecular weight is 338 g/mol. The first-order valence-corrected chi connectivity index (χ1v) is 7.65. The Balaban J connectivity index is 2.71. The molecule has 0 heterocycles. The third-order valence-corrected chi connectivity index (χ3v) is 3.42. The summed E-state index contributed by atoms with van der Waals surface area (Å²) in [6.45, 7) is 4.66. The quantitative estimate of drug-likeness (QED) is 0.471. The Morgan fingerprint density at radius 1 is 1.35 bits per heavy atom. The van der Waals surface area contributed by atoms with Gasteiger partial charge in [0.1, 0.15) is 6.17 Å². The molecule has 1 atom stereocenters. The lowest BCUT2D eigenvalue weighted by molar-refractivity contribution is 0.0929. The van der Waals surface area contributed by atoms with Gasteiger partial charge in [-0.15, -0.1) is 0 Å². The monoisotopic (exact) mass is 336 g/mol. The van der Waals surface area contributed by atoms with E-state index < -0.39 is 9.96 Å². The topological polar surface area (TPSA) is 41.1 Å².